The van der Waals surface area contributed by atoms with E-state index in [1.165, 1.54) is 10.5 Å². The highest BCUT2D eigenvalue weighted by molar-refractivity contribution is 5.90. The monoisotopic (exact) mass is 379 g/mol. The van der Waals surface area contributed by atoms with Gasteiger partial charge in [0.15, 0.2) is 0 Å². The van der Waals surface area contributed by atoms with E-state index in [0.717, 1.165) is 5.75 Å². The van der Waals surface area contributed by atoms with Crippen LogP contribution < -0.4 is 9.64 Å². The van der Waals surface area contributed by atoms with E-state index in [2.05, 4.69) is 25.1 Å². The maximum atomic E-state index is 12.7. The number of rotatable bonds is 6. The topological polar surface area (TPSA) is 38.8 Å². The average molecular weight is 380 g/mol. The predicted molar refractivity (Wildman–Crippen MR) is 115 cm³/mol. The summed E-state index contributed by atoms with van der Waals surface area (Å²) in [7, 11) is 1.61. The third kappa shape index (κ3) is 6.62. The van der Waals surface area contributed by atoms with Crippen LogP contribution in [0.2, 0.25) is 0 Å². The zero-order chi connectivity index (χ0) is 20.6. The van der Waals surface area contributed by atoms with Gasteiger partial charge in [-0.25, -0.2) is 4.79 Å². The molecule has 0 aliphatic heterocycles. The second-order valence-electron chi connectivity index (χ2n) is 7.47. The van der Waals surface area contributed by atoms with E-state index in [9.17, 15) is 4.79 Å². The van der Waals surface area contributed by atoms with E-state index in [1.807, 2.05) is 75.4 Å². The van der Waals surface area contributed by atoms with Gasteiger partial charge in [-0.2, -0.15) is 0 Å². The van der Waals surface area contributed by atoms with Gasteiger partial charge < -0.3 is 9.47 Å². The van der Waals surface area contributed by atoms with Gasteiger partial charge in [0.05, 0.1) is 12.8 Å². The van der Waals surface area contributed by atoms with Gasteiger partial charge in [-0.05, 0) is 62.6 Å². The van der Waals surface area contributed by atoms with Crippen molar-refractivity contribution in [3.8, 4) is 5.75 Å². The number of hydrogen-bond acceptors (Lipinski definition) is 3. The van der Waals surface area contributed by atoms with Crippen molar-refractivity contribution in [3.05, 3.63) is 84.6 Å². The highest BCUT2D eigenvalue weighted by Crippen LogP contribution is 2.22. The van der Waals surface area contributed by atoms with Crippen LogP contribution in [0.15, 0.2) is 79.0 Å². The van der Waals surface area contributed by atoms with Crippen LogP contribution in [0.5, 0.6) is 5.75 Å². The molecule has 4 nitrogen and oxygen atoms in total. The summed E-state index contributed by atoms with van der Waals surface area (Å²) in [6.07, 6.45) is 7.15. The quantitative estimate of drug-likeness (QED) is 0.552. The molecule has 0 bridgehead atoms. The lowest BCUT2D eigenvalue weighted by Crippen LogP contribution is -2.33. The van der Waals surface area contributed by atoms with Gasteiger partial charge in [-0.1, -0.05) is 49.4 Å². The molecule has 0 spiro atoms. The van der Waals surface area contributed by atoms with Crippen LogP contribution >= 0.6 is 0 Å². The molecule has 2 aromatic rings. The van der Waals surface area contributed by atoms with Crippen molar-refractivity contribution in [3.63, 3.8) is 0 Å². The van der Waals surface area contributed by atoms with E-state index in [0.29, 0.717) is 5.69 Å². The van der Waals surface area contributed by atoms with Crippen LogP contribution in [-0.2, 0) is 4.74 Å². The van der Waals surface area contributed by atoms with Crippen LogP contribution in [0, 0.1) is 0 Å². The number of methoxy groups -OCH3 is 1. The number of nitrogens with zero attached hydrogens (tertiary/aromatic N) is 1. The highest BCUT2D eigenvalue weighted by atomic mass is 16.6. The minimum atomic E-state index is -0.576. The van der Waals surface area contributed by atoms with Gasteiger partial charge in [-0.3, -0.25) is 4.90 Å². The van der Waals surface area contributed by atoms with Crippen LogP contribution in [-0.4, -0.2) is 18.8 Å². The fourth-order valence-electron chi connectivity index (χ4n) is 2.54. The third-order valence-corrected chi connectivity index (χ3v) is 4.01. The first-order valence-corrected chi connectivity index (χ1v) is 9.36. The Morgan fingerprint density at radius 2 is 1.64 bits per heavy atom. The van der Waals surface area contributed by atoms with Gasteiger partial charge >= 0.3 is 6.09 Å². The third-order valence-electron chi connectivity index (χ3n) is 4.01. The summed E-state index contributed by atoms with van der Waals surface area (Å²) in [5.41, 5.74) is 1.37. The molecule has 0 saturated heterocycles. The number of carbonyl (C=O) groups is 1. The molecule has 0 aliphatic rings. The van der Waals surface area contributed by atoms with Gasteiger partial charge in [0.1, 0.15) is 11.4 Å². The summed E-state index contributed by atoms with van der Waals surface area (Å²) >= 11 is 0. The SMILES string of the molecule is COc1ccc(N(/C=C\C=C\[C@H](C)c2ccccc2)C(=O)OC(C)(C)C)cc1. The maximum absolute atomic E-state index is 12.7. The first kappa shape index (κ1) is 21.3. The molecule has 0 radical (unpaired) electrons. The van der Waals surface area contributed by atoms with Crippen molar-refractivity contribution in [1.29, 1.82) is 0 Å². The van der Waals surface area contributed by atoms with E-state index in [1.54, 1.807) is 13.3 Å². The summed E-state index contributed by atoms with van der Waals surface area (Å²) in [6.45, 7) is 7.68. The Kier molecular flexibility index (Phi) is 7.44. The molecule has 0 fully saturated rings. The van der Waals surface area contributed by atoms with E-state index >= 15 is 0 Å². The molecule has 0 aliphatic carbocycles. The molecule has 0 saturated carbocycles. The number of hydrogen-bond donors (Lipinski definition) is 0. The van der Waals surface area contributed by atoms with Crippen LogP contribution in [0.3, 0.4) is 0 Å². The Morgan fingerprint density at radius 3 is 2.21 bits per heavy atom. The number of carbonyl (C=O) groups excluding carboxylic acids is 1. The Hall–Kier alpha value is -3.01. The zero-order valence-corrected chi connectivity index (χ0v) is 17.3. The predicted octanol–water partition coefficient (Wildman–Crippen LogP) is 6.31. The largest absolute Gasteiger partial charge is 0.497 e. The van der Waals surface area contributed by atoms with Crippen LogP contribution in [0.1, 0.15) is 39.2 Å². The molecule has 0 unspecified atom stereocenters. The summed E-state index contributed by atoms with van der Waals surface area (Å²) in [6, 6.07) is 17.5. The highest BCUT2D eigenvalue weighted by Gasteiger charge is 2.21. The van der Waals surface area contributed by atoms with Crippen molar-refractivity contribution in [2.75, 3.05) is 12.0 Å². The van der Waals surface area contributed by atoms with Gasteiger partial charge in [0, 0.05) is 6.20 Å². The summed E-state index contributed by atoms with van der Waals surface area (Å²) in [5.74, 6) is 1.01. The normalized spacial score (nSPS) is 12.9. The van der Waals surface area contributed by atoms with Crippen molar-refractivity contribution in [2.24, 2.45) is 0 Å². The Bertz CT molecular complexity index is 802. The average Bonchev–Trinajstić information content (AvgIpc) is 2.67. The molecule has 2 aromatic carbocycles. The molecule has 2 rings (SSSR count). The first-order valence-electron chi connectivity index (χ1n) is 9.36. The lowest BCUT2D eigenvalue weighted by molar-refractivity contribution is 0.0596. The van der Waals surface area contributed by atoms with E-state index in [4.69, 9.17) is 9.47 Å². The van der Waals surface area contributed by atoms with Gasteiger partial charge in [0.25, 0.3) is 0 Å². The van der Waals surface area contributed by atoms with Crippen molar-refractivity contribution >= 4 is 11.8 Å². The number of benzene rings is 2. The number of amides is 1. The number of anilines is 1. The molecule has 0 heterocycles. The Morgan fingerprint density at radius 1 is 1.00 bits per heavy atom. The minimum Gasteiger partial charge on any atom is -0.497 e. The Balaban J connectivity index is 2.17. The first-order chi connectivity index (χ1) is 13.3. The minimum absolute atomic E-state index is 0.279. The van der Waals surface area contributed by atoms with Gasteiger partial charge in [0.2, 0.25) is 0 Å². The van der Waals surface area contributed by atoms with Crippen molar-refractivity contribution in [1.82, 2.24) is 0 Å². The van der Waals surface area contributed by atoms with Gasteiger partial charge in [-0.15, -0.1) is 0 Å². The summed E-state index contributed by atoms with van der Waals surface area (Å²) in [4.78, 5) is 14.1. The number of allylic oxidation sites excluding steroid dienone is 3. The van der Waals surface area contributed by atoms with Crippen LogP contribution in [0.4, 0.5) is 10.5 Å². The second-order valence-corrected chi connectivity index (χ2v) is 7.47. The van der Waals surface area contributed by atoms with E-state index < -0.39 is 11.7 Å². The molecule has 1 atom stereocenters. The van der Waals surface area contributed by atoms with E-state index in [-0.39, 0.29) is 5.92 Å². The standard InChI is InChI=1S/C24H29NO3/c1-19(20-12-7-6-8-13-20)11-9-10-18-25(23(26)28-24(2,3)4)21-14-16-22(27-5)17-15-21/h6-19H,1-5H3/b11-9+,18-10-/t19-/m0/s1. The molecular weight excluding hydrogens is 350 g/mol. The van der Waals surface area contributed by atoms with Crippen LogP contribution in [0.25, 0.3) is 0 Å². The smallest absolute Gasteiger partial charge is 0.418 e. The summed E-state index contributed by atoms with van der Waals surface area (Å²) in [5, 5.41) is 0. The lowest BCUT2D eigenvalue weighted by Gasteiger charge is -2.25. The summed E-state index contributed by atoms with van der Waals surface area (Å²) < 4.78 is 10.7. The maximum Gasteiger partial charge on any atom is 0.418 e. The molecule has 148 valence electrons. The van der Waals surface area contributed by atoms with Crippen molar-refractivity contribution < 1.29 is 14.3 Å². The van der Waals surface area contributed by atoms with Crippen molar-refractivity contribution in [2.45, 2.75) is 39.2 Å². The lowest BCUT2D eigenvalue weighted by atomic mass is 10.0. The second kappa shape index (κ2) is 9.79. The molecule has 1 amide bonds. The molecule has 28 heavy (non-hydrogen) atoms. The molecular formula is C24H29NO3. The Labute approximate surface area is 168 Å². The molecule has 0 N–H and O–H groups in total. The molecule has 4 heteroatoms. The zero-order valence-electron chi connectivity index (χ0n) is 17.3. The fourth-order valence-corrected chi connectivity index (χ4v) is 2.54. The fraction of sp³-hybridized carbons (Fsp3) is 0.292. The number of ether oxygens (including phenoxy) is 2. The molecule has 0 aromatic heterocycles.